The molecule has 1 heterocycles. The molecule has 2 aromatic carbocycles. The van der Waals surface area contributed by atoms with Crippen LogP contribution in [0.15, 0.2) is 60.9 Å². The number of ether oxygens (including phenoxy) is 1. The SMILES string of the molecule is Cc1ccc(C(C)CCCC(=O)N(CCCS(C)(=O)=O)C[C@H](O)[C@@H](O)[C@H](O)[C@H](O)CO)cc1CCC1(c2cnccc2-c2ccccc2OC2CC2)CC1. The van der Waals surface area contributed by atoms with E-state index in [1.54, 1.807) is 0 Å². The zero-order valence-corrected chi connectivity index (χ0v) is 32.6. The van der Waals surface area contributed by atoms with Gasteiger partial charge in [-0.25, -0.2) is 8.42 Å². The molecule has 1 aromatic heterocycles. The number of para-hydroxylation sites is 1. The van der Waals surface area contributed by atoms with Gasteiger partial charge in [-0.3, -0.25) is 9.78 Å². The van der Waals surface area contributed by atoms with Crippen molar-refractivity contribution < 1.29 is 43.5 Å². The van der Waals surface area contributed by atoms with Gasteiger partial charge in [0.05, 0.1) is 18.5 Å². The second-order valence-corrected chi connectivity index (χ2v) is 17.9. The molecule has 3 aromatic rings. The molecule has 2 saturated carbocycles. The molecule has 0 radical (unpaired) electrons. The molecule has 0 spiro atoms. The Balaban J connectivity index is 1.20. The van der Waals surface area contributed by atoms with E-state index in [1.807, 2.05) is 18.5 Å². The molecule has 1 unspecified atom stereocenters. The summed E-state index contributed by atoms with van der Waals surface area (Å²) in [4.78, 5) is 19.2. The van der Waals surface area contributed by atoms with Crippen molar-refractivity contribution in [3.63, 3.8) is 0 Å². The van der Waals surface area contributed by atoms with Gasteiger partial charge in [-0.1, -0.05) is 43.3 Å². The number of carbonyl (C=O) groups is 1. The molecule has 54 heavy (non-hydrogen) atoms. The van der Waals surface area contributed by atoms with Crippen molar-refractivity contribution >= 4 is 15.7 Å². The summed E-state index contributed by atoms with van der Waals surface area (Å²) in [5, 5.41) is 49.7. The Labute approximate surface area is 320 Å². The maximum Gasteiger partial charge on any atom is 0.222 e. The molecule has 5 N–H and O–H groups in total. The number of hydrogen-bond acceptors (Lipinski definition) is 10. The van der Waals surface area contributed by atoms with Crippen LogP contribution in [0.2, 0.25) is 0 Å². The number of aromatic nitrogens is 1. The normalized spacial score (nSPS) is 18.0. The summed E-state index contributed by atoms with van der Waals surface area (Å²) in [5.41, 5.74) is 7.43. The predicted octanol–water partition coefficient (Wildman–Crippen LogP) is 4.24. The summed E-state index contributed by atoms with van der Waals surface area (Å²) in [7, 11) is -3.28. The monoisotopic (exact) mass is 766 g/mol. The Bertz CT molecular complexity index is 1810. The third-order valence-electron chi connectivity index (χ3n) is 11.1. The molecule has 0 bridgehead atoms. The lowest BCUT2D eigenvalue weighted by molar-refractivity contribution is -0.139. The lowest BCUT2D eigenvalue weighted by atomic mass is 9.84. The zero-order valence-electron chi connectivity index (χ0n) is 31.8. The van der Waals surface area contributed by atoms with Gasteiger partial charge in [-0.05, 0) is 116 Å². The smallest absolute Gasteiger partial charge is 0.222 e. The van der Waals surface area contributed by atoms with Gasteiger partial charge in [-0.2, -0.15) is 0 Å². The van der Waals surface area contributed by atoms with E-state index in [0.717, 1.165) is 62.5 Å². The summed E-state index contributed by atoms with van der Waals surface area (Å²) in [6.07, 6.45) is 6.35. The number of nitrogens with zero attached hydrogens (tertiary/aromatic N) is 2. The number of pyridine rings is 1. The average molecular weight is 767 g/mol. The van der Waals surface area contributed by atoms with Crippen molar-refractivity contribution in [2.24, 2.45) is 0 Å². The van der Waals surface area contributed by atoms with E-state index in [2.05, 4.69) is 61.3 Å². The molecular formula is C42H58N2O9S. The lowest BCUT2D eigenvalue weighted by Gasteiger charge is -2.30. The number of aryl methyl sites for hydroxylation is 2. The first-order valence-corrected chi connectivity index (χ1v) is 21.4. The summed E-state index contributed by atoms with van der Waals surface area (Å²) < 4.78 is 29.7. The van der Waals surface area contributed by atoms with Crippen LogP contribution >= 0.6 is 0 Å². The maximum atomic E-state index is 13.3. The van der Waals surface area contributed by atoms with Crippen molar-refractivity contribution in [3.8, 4) is 16.9 Å². The molecule has 0 aliphatic heterocycles. The molecule has 12 heteroatoms. The van der Waals surface area contributed by atoms with E-state index in [-0.39, 0.29) is 48.9 Å². The van der Waals surface area contributed by atoms with Gasteiger partial charge in [-0.15, -0.1) is 0 Å². The van der Waals surface area contributed by atoms with Gasteiger partial charge < -0.3 is 35.2 Å². The summed E-state index contributed by atoms with van der Waals surface area (Å²) in [6, 6.07) is 17.1. The topological polar surface area (TPSA) is 178 Å². The molecule has 5 rings (SSSR count). The fourth-order valence-corrected chi connectivity index (χ4v) is 7.93. The standard InChI is InChI=1S/C42H58N2O9S/c1-28(8-6-11-39(48)44(22-7-23-54(3,51)52)26-36(46)40(49)41(50)37(47)27-45)30-13-12-29(2)31(24-30)16-18-42(19-20-42)35-25-43-21-17-33(35)34-9-4-5-10-38(34)53-32-14-15-32/h4-5,9-10,12-13,17,21,24-25,28,32,36-37,40-41,45-47,49-50H,6-8,11,14-16,18-20,22-23,26-27H2,1-3H3/t28?,36-,37+,40+,41+/m0/s1. The molecule has 2 aliphatic carbocycles. The number of sulfone groups is 1. The summed E-state index contributed by atoms with van der Waals surface area (Å²) in [5.74, 6) is 0.645. The summed E-state index contributed by atoms with van der Waals surface area (Å²) >= 11 is 0. The second kappa shape index (κ2) is 18.5. The lowest BCUT2D eigenvalue weighted by Crippen LogP contribution is -2.50. The highest BCUT2D eigenvalue weighted by atomic mass is 32.2. The van der Waals surface area contributed by atoms with Crippen LogP contribution in [0.3, 0.4) is 0 Å². The number of aliphatic hydroxyl groups is 5. The minimum atomic E-state index is -3.28. The van der Waals surface area contributed by atoms with Gasteiger partial charge in [0.1, 0.15) is 40.0 Å². The Kier molecular flexibility index (Phi) is 14.3. The number of hydrogen-bond donors (Lipinski definition) is 5. The van der Waals surface area contributed by atoms with E-state index in [0.29, 0.717) is 12.5 Å². The van der Waals surface area contributed by atoms with Crippen LogP contribution in [0.4, 0.5) is 0 Å². The average Bonchev–Trinajstić information content (AvgIpc) is 4.10. The minimum absolute atomic E-state index is 0.0357. The van der Waals surface area contributed by atoms with Gasteiger partial charge in [0.15, 0.2) is 0 Å². The van der Waals surface area contributed by atoms with E-state index < -0.39 is 40.9 Å². The van der Waals surface area contributed by atoms with Crippen molar-refractivity contribution in [1.82, 2.24) is 9.88 Å². The fourth-order valence-electron chi connectivity index (χ4n) is 7.27. The van der Waals surface area contributed by atoms with Crippen LogP contribution in [0.25, 0.3) is 11.1 Å². The molecule has 0 saturated heterocycles. The van der Waals surface area contributed by atoms with E-state index >= 15 is 0 Å². The first kappa shape index (κ1) is 41.8. The highest BCUT2D eigenvalue weighted by Gasteiger charge is 2.45. The molecule has 5 atom stereocenters. The number of carbonyl (C=O) groups excluding carboxylic acids is 1. The van der Waals surface area contributed by atoms with Crippen molar-refractivity contribution in [1.29, 1.82) is 0 Å². The Morgan fingerprint density at radius 1 is 1.00 bits per heavy atom. The third kappa shape index (κ3) is 11.3. The Morgan fingerprint density at radius 2 is 1.72 bits per heavy atom. The zero-order chi connectivity index (χ0) is 39.0. The third-order valence-corrected chi connectivity index (χ3v) is 12.1. The molecule has 1 amide bonds. The highest BCUT2D eigenvalue weighted by molar-refractivity contribution is 7.90. The van der Waals surface area contributed by atoms with E-state index in [4.69, 9.17) is 9.84 Å². The van der Waals surface area contributed by atoms with Crippen LogP contribution in [-0.4, -0.2) is 112 Å². The Hall–Kier alpha value is -3.39. The van der Waals surface area contributed by atoms with Crippen LogP contribution < -0.4 is 4.74 Å². The van der Waals surface area contributed by atoms with Crippen LogP contribution in [0.1, 0.15) is 92.9 Å². The number of amides is 1. The van der Waals surface area contributed by atoms with Gasteiger partial charge in [0.2, 0.25) is 5.91 Å². The quantitative estimate of drug-likeness (QED) is 0.0995. The number of aliphatic hydroxyl groups excluding tert-OH is 5. The molecule has 296 valence electrons. The Morgan fingerprint density at radius 3 is 2.41 bits per heavy atom. The highest BCUT2D eigenvalue weighted by Crippen LogP contribution is 2.55. The van der Waals surface area contributed by atoms with Gasteiger partial charge >= 0.3 is 0 Å². The molecule has 11 nitrogen and oxygen atoms in total. The van der Waals surface area contributed by atoms with Crippen molar-refractivity contribution in [3.05, 3.63) is 83.2 Å². The molecular weight excluding hydrogens is 709 g/mol. The van der Waals surface area contributed by atoms with Crippen LogP contribution in [0.5, 0.6) is 5.75 Å². The maximum absolute atomic E-state index is 13.3. The number of rotatable bonds is 22. The van der Waals surface area contributed by atoms with Crippen molar-refractivity contribution in [2.75, 3.05) is 31.7 Å². The number of benzene rings is 2. The van der Waals surface area contributed by atoms with Gasteiger partial charge in [0.25, 0.3) is 0 Å². The molecule has 2 fully saturated rings. The second-order valence-electron chi connectivity index (χ2n) is 15.6. The fraction of sp³-hybridized carbons (Fsp3) is 0.571. The first-order chi connectivity index (χ1) is 25.7. The first-order valence-electron chi connectivity index (χ1n) is 19.3. The molecule has 2 aliphatic rings. The minimum Gasteiger partial charge on any atom is -0.490 e. The van der Waals surface area contributed by atoms with Crippen LogP contribution in [0, 0.1) is 6.92 Å². The van der Waals surface area contributed by atoms with Crippen molar-refractivity contribution in [2.45, 2.75) is 120 Å². The van der Waals surface area contributed by atoms with Crippen LogP contribution in [-0.2, 0) is 26.5 Å². The van der Waals surface area contributed by atoms with E-state index in [1.165, 1.54) is 32.7 Å². The predicted molar refractivity (Wildman–Crippen MR) is 208 cm³/mol. The largest absolute Gasteiger partial charge is 0.490 e. The van der Waals surface area contributed by atoms with E-state index in [9.17, 15) is 33.6 Å². The van der Waals surface area contributed by atoms with Gasteiger partial charge in [0, 0.05) is 43.7 Å². The summed E-state index contributed by atoms with van der Waals surface area (Å²) in [6.45, 7) is 3.15.